The molecule has 0 aliphatic heterocycles. The summed E-state index contributed by atoms with van der Waals surface area (Å²) in [7, 11) is 0. The van der Waals surface area contributed by atoms with Crippen LogP contribution >= 0.6 is 23.2 Å². The quantitative estimate of drug-likeness (QED) is 0.322. The van der Waals surface area contributed by atoms with Crippen molar-refractivity contribution in [3.8, 4) is 0 Å². The molecule has 0 spiro atoms. The van der Waals surface area contributed by atoms with E-state index in [9.17, 15) is 8.76 Å². The van der Waals surface area contributed by atoms with Gasteiger partial charge in [-0.25, -0.2) is 4.98 Å². The Morgan fingerprint density at radius 3 is 2.96 bits per heavy atom. The topological polar surface area (TPSA) is 87.2 Å². The van der Waals surface area contributed by atoms with Gasteiger partial charge in [0, 0.05) is 5.69 Å². The summed E-state index contributed by atoms with van der Waals surface area (Å²) in [6.07, 6.45) is 2.94. The number of hydrogen-bond acceptors (Lipinski definition) is 6. The smallest absolute Gasteiger partial charge is 0.224 e. The third-order valence-electron chi connectivity index (χ3n) is 2.97. The lowest BCUT2D eigenvalue weighted by molar-refractivity contribution is 0.161. The van der Waals surface area contributed by atoms with Gasteiger partial charge in [0.2, 0.25) is 5.28 Å². The molecule has 2 rings (SSSR count). The van der Waals surface area contributed by atoms with Gasteiger partial charge in [-0.3, -0.25) is 4.21 Å². The minimum Gasteiger partial charge on any atom is -0.772 e. The Labute approximate surface area is 152 Å². The van der Waals surface area contributed by atoms with E-state index in [4.69, 9.17) is 27.9 Å². The lowest BCUT2D eigenvalue weighted by atomic mass is 10.1. The average molecular weight is 387 g/mol. The minimum atomic E-state index is -2.33. The van der Waals surface area contributed by atoms with E-state index in [0.717, 1.165) is 0 Å². The maximum atomic E-state index is 11.5. The number of nitrogens with one attached hydrogen (secondary N) is 1. The first-order valence-corrected chi connectivity index (χ1v) is 8.72. The van der Waals surface area contributed by atoms with Crippen LogP contribution in [0.15, 0.2) is 43.1 Å². The number of halogens is 2. The molecular weight excluding hydrogens is 373 g/mol. The molecule has 2 unspecified atom stereocenters. The summed E-state index contributed by atoms with van der Waals surface area (Å²) in [6, 6.07) is 6.87. The molecule has 1 N–H and O–H groups in total. The summed E-state index contributed by atoms with van der Waals surface area (Å²) in [6.45, 7) is 3.84. The molecule has 0 radical (unpaired) electrons. The van der Waals surface area contributed by atoms with E-state index in [0.29, 0.717) is 22.1 Å². The lowest BCUT2D eigenvalue weighted by Crippen LogP contribution is -2.13. The Morgan fingerprint density at radius 2 is 2.25 bits per heavy atom. The highest BCUT2D eigenvalue weighted by molar-refractivity contribution is 7.79. The predicted molar refractivity (Wildman–Crippen MR) is 94.5 cm³/mol. The molecule has 0 bridgehead atoms. The highest BCUT2D eigenvalue weighted by atomic mass is 35.5. The molecule has 2 aromatic rings. The van der Waals surface area contributed by atoms with Crippen LogP contribution in [0.4, 0.5) is 11.5 Å². The first kappa shape index (κ1) is 18.8. The number of ether oxygens (including phenoxy) is 1. The van der Waals surface area contributed by atoms with E-state index in [1.54, 1.807) is 30.3 Å². The Hall–Kier alpha value is -1.51. The largest absolute Gasteiger partial charge is 0.772 e. The van der Waals surface area contributed by atoms with E-state index in [1.807, 2.05) is 0 Å². The number of benzene rings is 1. The fraction of sp³-hybridized carbons (Fsp3) is 0.200. The maximum absolute atomic E-state index is 11.5. The van der Waals surface area contributed by atoms with E-state index >= 15 is 0 Å². The molecule has 0 fully saturated rings. The first-order chi connectivity index (χ1) is 11.5. The number of nitrogens with zero attached hydrogens (tertiary/aromatic N) is 2. The van der Waals surface area contributed by atoms with Gasteiger partial charge in [0.15, 0.2) is 5.82 Å². The number of hydrogen-bond donors (Lipinski definition) is 1. The molecular formula is C15H14Cl2N3O3S-. The van der Waals surface area contributed by atoms with Crippen molar-refractivity contribution in [2.75, 3.05) is 18.5 Å². The second kappa shape index (κ2) is 9.10. The third-order valence-corrected chi connectivity index (χ3v) is 4.30. The minimum absolute atomic E-state index is 0.0334. The van der Waals surface area contributed by atoms with Gasteiger partial charge < -0.3 is 14.6 Å². The van der Waals surface area contributed by atoms with Crippen molar-refractivity contribution in [3.05, 3.63) is 59.0 Å². The molecule has 0 amide bonds. The van der Waals surface area contributed by atoms with Crippen molar-refractivity contribution in [1.29, 1.82) is 0 Å². The molecule has 0 aliphatic carbocycles. The Bertz CT molecular complexity index is 746. The zero-order valence-corrected chi connectivity index (χ0v) is 14.8. The van der Waals surface area contributed by atoms with Crippen molar-refractivity contribution >= 4 is 45.8 Å². The zero-order valence-electron chi connectivity index (χ0n) is 12.4. The molecule has 6 nitrogen and oxygen atoms in total. The van der Waals surface area contributed by atoms with Crippen molar-refractivity contribution in [3.63, 3.8) is 0 Å². The monoisotopic (exact) mass is 386 g/mol. The normalized spacial score (nSPS) is 13.3. The van der Waals surface area contributed by atoms with Crippen LogP contribution in [0.3, 0.4) is 0 Å². The van der Waals surface area contributed by atoms with Gasteiger partial charge in [-0.05, 0) is 40.4 Å². The number of rotatable bonds is 8. The van der Waals surface area contributed by atoms with Gasteiger partial charge in [0.05, 0.1) is 24.7 Å². The lowest BCUT2D eigenvalue weighted by Gasteiger charge is -2.20. The van der Waals surface area contributed by atoms with Gasteiger partial charge in [-0.15, -0.1) is 6.58 Å². The summed E-state index contributed by atoms with van der Waals surface area (Å²) in [5.74, 6) is 0.330. The van der Waals surface area contributed by atoms with Crippen molar-refractivity contribution < 1.29 is 13.5 Å². The predicted octanol–water partition coefficient (Wildman–Crippen LogP) is 3.65. The van der Waals surface area contributed by atoms with Crippen LogP contribution in [-0.4, -0.2) is 31.9 Å². The van der Waals surface area contributed by atoms with Gasteiger partial charge in [-0.2, -0.15) is 4.98 Å². The van der Waals surface area contributed by atoms with Crippen LogP contribution in [0, 0.1) is 0 Å². The Balaban J connectivity index is 2.21. The highest BCUT2D eigenvalue weighted by Crippen LogP contribution is 2.27. The zero-order chi connectivity index (χ0) is 17.5. The van der Waals surface area contributed by atoms with E-state index in [2.05, 4.69) is 21.9 Å². The van der Waals surface area contributed by atoms with Gasteiger partial charge >= 0.3 is 0 Å². The van der Waals surface area contributed by atoms with Crippen molar-refractivity contribution in [2.24, 2.45) is 0 Å². The molecule has 2 atom stereocenters. The van der Waals surface area contributed by atoms with Crippen LogP contribution in [-0.2, 0) is 15.8 Å². The molecule has 0 saturated heterocycles. The molecule has 0 aliphatic rings. The molecule has 1 heterocycles. The van der Waals surface area contributed by atoms with Gasteiger partial charge in [0.1, 0.15) is 5.02 Å². The second-order valence-electron chi connectivity index (χ2n) is 4.66. The van der Waals surface area contributed by atoms with Crippen LogP contribution in [0.25, 0.3) is 0 Å². The van der Waals surface area contributed by atoms with Crippen molar-refractivity contribution in [1.82, 2.24) is 9.97 Å². The average Bonchev–Trinajstić information content (AvgIpc) is 2.55. The summed E-state index contributed by atoms with van der Waals surface area (Å²) < 4.78 is 28.2. The van der Waals surface area contributed by atoms with E-state index in [-0.39, 0.29) is 18.5 Å². The SMILES string of the molecule is C=CCOCC(c1cccc(Nc2nc(Cl)ncc2Cl)c1)S(=O)[O-]. The summed E-state index contributed by atoms with van der Waals surface area (Å²) in [5, 5.41) is 2.54. The Kier molecular flexibility index (Phi) is 7.14. The molecule has 9 heteroatoms. The first-order valence-electron chi connectivity index (χ1n) is 6.83. The van der Waals surface area contributed by atoms with E-state index in [1.165, 1.54) is 6.20 Å². The van der Waals surface area contributed by atoms with Gasteiger partial charge in [0.25, 0.3) is 0 Å². The fourth-order valence-electron chi connectivity index (χ4n) is 1.91. The maximum Gasteiger partial charge on any atom is 0.224 e. The summed E-state index contributed by atoms with van der Waals surface area (Å²) in [5.41, 5.74) is 1.19. The molecule has 1 aromatic heterocycles. The van der Waals surface area contributed by atoms with Gasteiger partial charge in [-0.1, -0.05) is 29.8 Å². The number of anilines is 2. The van der Waals surface area contributed by atoms with Crippen molar-refractivity contribution in [2.45, 2.75) is 5.25 Å². The standard InChI is InChI=1S/C15H15Cl2N3O3S/c1-2-6-23-9-13(24(21)22)10-4-3-5-11(7-10)19-14-12(16)8-18-15(17)20-14/h2-5,7-8,13H,1,6,9H2,(H,21,22)(H,18,19,20)/p-1. The van der Waals surface area contributed by atoms with Crippen LogP contribution < -0.4 is 5.32 Å². The number of aromatic nitrogens is 2. The van der Waals surface area contributed by atoms with E-state index < -0.39 is 16.3 Å². The second-order valence-corrected chi connectivity index (χ2v) is 6.50. The third kappa shape index (κ3) is 5.25. The fourth-order valence-corrected chi connectivity index (χ4v) is 2.76. The van der Waals surface area contributed by atoms with Crippen LogP contribution in [0.2, 0.25) is 10.3 Å². The van der Waals surface area contributed by atoms with Crippen LogP contribution in [0.1, 0.15) is 10.8 Å². The molecule has 128 valence electrons. The summed E-state index contributed by atoms with van der Waals surface area (Å²) >= 11 is 9.43. The molecule has 1 aromatic carbocycles. The highest BCUT2D eigenvalue weighted by Gasteiger charge is 2.14. The molecule has 24 heavy (non-hydrogen) atoms. The summed E-state index contributed by atoms with van der Waals surface area (Å²) in [4.78, 5) is 7.76. The molecule has 0 saturated carbocycles. The van der Waals surface area contributed by atoms with Crippen LogP contribution in [0.5, 0.6) is 0 Å². The Morgan fingerprint density at radius 1 is 1.46 bits per heavy atom.